The van der Waals surface area contributed by atoms with Crippen LogP contribution < -0.4 is 5.32 Å². The highest BCUT2D eigenvalue weighted by Crippen LogP contribution is 2.30. The van der Waals surface area contributed by atoms with Gasteiger partial charge in [0.25, 0.3) is 0 Å². The largest absolute Gasteiger partial charge is 0.456 e. The molecular formula is C13H11FN2OS. The van der Waals surface area contributed by atoms with Crippen LogP contribution in [-0.2, 0) is 0 Å². The van der Waals surface area contributed by atoms with Gasteiger partial charge in [0, 0.05) is 16.5 Å². The third-order valence-electron chi connectivity index (χ3n) is 2.82. The third-order valence-corrected chi connectivity index (χ3v) is 3.66. The lowest BCUT2D eigenvalue weighted by Crippen LogP contribution is -2.15. The van der Waals surface area contributed by atoms with Gasteiger partial charge in [0.15, 0.2) is 11.4 Å². The van der Waals surface area contributed by atoms with Gasteiger partial charge in [-0.2, -0.15) is 0 Å². The average Bonchev–Trinajstić information content (AvgIpc) is 3.00. The Morgan fingerprint density at radius 3 is 3.00 bits per heavy atom. The SMILES string of the molecule is CNC(c1cc2cccc(F)c2o1)c1cncs1. The van der Waals surface area contributed by atoms with Crippen molar-refractivity contribution in [1.82, 2.24) is 10.3 Å². The van der Waals surface area contributed by atoms with Gasteiger partial charge in [-0.15, -0.1) is 11.3 Å². The van der Waals surface area contributed by atoms with Gasteiger partial charge < -0.3 is 9.73 Å². The summed E-state index contributed by atoms with van der Waals surface area (Å²) in [5, 5.41) is 3.93. The summed E-state index contributed by atoms with van der Waals surface area (Å²) in [4.78, 5) is 5.09. The Morgan fingerprint density at radius 1 is 1.44 bits per heavy atom. The lowest BCUT2D eigenvalue weighted by Gasteiger charge is -2.10. The fraction of sp³-hybridized carbons (Fsp3) is 0.154. The van der Waals surface area contributed by atoms with E-state index in [1.165, 1.54) is 17.4 Å². The molecular weight excluding hydrogens is 251 g/mol. The van der Waals surface area contributed by atoms with Gasteiger partial charge in [0.2, 0.25) is 0 Å². The Balaban J connectivity index is 2.11. The van der Waals surface area contributed by atoms with Crippen molar-refractivity contribution in [2.75, 3.05) is 7.05 Å². The fourth-order valence-electron chi connectivity index (χ4n) is 1.98. The van der Waals surface area contributed by atoms with Gasteiger partial charge in [-0.3, -0.25) is 4.98 Å². The standard InChI is InChI=1S/C13H11FN2OS/c1-15-12(11-6-16-7-18-11)10-5-8-3-2-4-9(14)13(8)17-10/h2-7,12,15H,1H3. The molecule has 92 valence electrons. The first-order valence-corrected chi connectivity index (χ1v) is 6.41. The molecule has 5 heteroatoms. The lowest BCUT2D eigenvalue weighted by molar-refractivity contribution is 0.479. The molecule has 1 atom stereocenters. The fourth-order valence-corrected chi connectivity index (χ4v) is 2.72. The molecule has 0 amide bonds. The van der Waals surface area contributed by atoms with E-state index >= 15 is 0 Å². The molecule has 1 N–H and O–H groups in total. The van der Waals surface area contributed by atoms with Crippen molar-refractivity contribution >= 4 is 22.3 Å². The number of hydrogen-bond acceptors (Lipinski definition) is 4. The van der Waals surface area contributed by atoms with Crippen LogP contribution in [0.3, 0.4) is 0 Å². The zero-order valence-electron chi connectivity index (χ0n) is 9.68. The van der Waals surface area contributed by atoms with Crippen LogP contribution in [0.5, 0.6) is 0 Å². The van der Waals surface area contributed by atoms with E-state index in [0.717, 1.165) is 10.3 Å². The Bertz CT molecular complexity index is 663. The molecule has 3 aromatic rings. The van der Waals surface area contributed by atoms with E-state index in [1.807, 2.05) is 19.2 Å². The highest BCUT2D eigenvalue weighted by Gasteiger charge is 2.19. The minimum Gasteiger partial charge on any atom is -0.456 e. The van der Waals surface area contributed by atoms with E-state index in [0.29, 0.717) is 11.3 Å². The van der Waals surface area contributed by atoms with Crippen LogP contribution in [0, 0.1) is 5.82 Å². The number of halogens is 1. The van der Waals surface area contributed by atoms with Crippen molar-refractivity contribution in [3.05, 3.63) is 52.4 Å². The summed E-state index contributed by atoms with van der Waals surface area (Å²) >= 11 is 1.54. The Hall–Kier alpha value is -1.72. The number of benzene rings is 1. The van der Waals surface area contributed by atoms with E-state index in [4.69, 9.17) is 4.42 Å². The summed E-state index contributed by atoms with van der Waals surface area (Å²) in [6, 6.07) is 6.68. The van der Waals surface area contributed by atoms with Gasteiger partial charge >= 0.3 is 0 Å². The second-order valence-corrected chi connectivity index (χ2v) is 4.85. The number of rotatable bonds is 3. The molecule has 2 heterocycles. The zero-order valence-corrected chi connectivity index (χ0v) is 10.5. The Labute approximate surface area is 107 Å². The first-order chi connectivity index (χ1) is 8.79. The molecule has 0 fully saturated rings. The van der Waals surface area contributed by atoms with E-state index in [1.54, 1.807) is 17.8 Å². The maximum absolute atomic E-state index is 13.6. The highest BCUT2D eigenvalue weighted by atomic mass is 32.1. The maximum atomic E-state index is 13.6. The van der Waals surface area contributed by atoms with E-state index < -0.39 is 0 Å². The van der Waals surface area contributed by atoms with Crippen molar-refractivity contribution < 1.29 is 8.81 Å². The third kappa shape index (κ3) is 1.81. The number of hydrogen-bond donors (Lipinski definition) is 1. The molecule has 3 nitrogen and oxygen atoms in total. The van der Waals surface area contributed by atoms with Crippen molar-refractivity contribution in [3.8, 4) is 0 Å². The molecule has 0 saturated heterocycles. The molecule has 0 aliphatic heterocycles. The first-order valence-electron chi connectivity index (χ1n) is 5.53. The number of aromatic nitrogens is 1. The number of para-hydroxylation sites is 1. The Kier molecular flexibility index (Phi) is 2.85. The molecule has 0 aliphatic rings. The van der Waals surface area contributed by atoms with Gasteiger partial charge in [-0.05, 0) is 19.2 Å². The van der Waals surface area contributed by atoms with Gasteiger partial charge in [0.05, 0.1) is 5.51 Å². The minimum atomic E-state index is -0.335. The average molecular weight is 262 g/mol. The molecule has 0 spiro atoms. The number of furan rings is 1. The van der Waals surface area contributed by atoms with Crippen molar-refractivity contribution in [1.29, 1.82) is 0 Å². The van der Waals surface area contributed by atoms with Crippen molar-refractivity contribution in [2.45, 2.75) is 6.04 Å². The normalized spacial score (nSPS) is 13.0. The van der Waals surface area contributed by atoms with Crippen molar-refractivity contribution in [2.24, 2.45) is 0 Å². The summed E-state index contributed by atoms with van der Waals surface area (Å²) in [7, 11) is 1.84. The summed E-state index contributed by atoms with van der Waals surface area (Å²) in [5.74, 6) is 0.361. The second kappa shape index (κ2) is 4.51. The molecule has 0 radical (unpaired) electrons. The molecule has 1 unspecified atom stereocenters. The molecule has 0 bridgehead atoms. The van der Waals surface area contributed by atoms with Crippen LogP contribution in [0.4, 0.5) is 4.39 Å². The molecule has 0 saturated carbocycles. The summed E-state index contributed by atoms with van der Waals surface area (Å²) in [5.41, 5.74) is 2.07. The van der Waals surface area contributed by atoms with Gasteiger partial charge in [-0.25, -0.2) is 4.39 Å². The number of thiazole rings is 1. The van der Waals surface area contributed by atoms with Crippen LogP contribution in [0.25, 0.3) is 11.0 Å². The number of nitrogens with one attached hydrogen (secondary N) is 1. The second-order valence-electron chi connectivity index (χ2n) is 3.93. The first kappa shape index (κ1) is 11.4. The monoisotopic (exact) mass is 262 g/mol. The topological polar surface area (TPSA) is 38.1 Å². The Morgan fingerprint density at radius 2 is 2.33 bits per heavy atom. The smallest absolute Gasteiger partial charge is 0.169 e. The van der Waals surface area contributed by atoms with Gasteiger partial charge in [-0.1, -0.05) is 12.1 Å². The number of nitrogens with zero attached hydrogens (tertiary/aromatic N) is 1. The molecule has 3 rings (SSSR count). The van der Waals surface area contributed by atoms with E-state index in [-0.39, 0.29) is 11.9 Å². The van der Waals surface area contributed by atoms with E-state index in [2.05, 4.69) is 10.3 Å². The van der Waals surface area contributed by atoms with Crippen LogP contribution in [-0.4, -0.2) is 12.0 Å². The summed E-state index contributed by atoms with van der Waals surface area (Å²) in [6.45, 7) is 0. The zero-order chi connectivity index (χ0) is 12.5. The predicted octanol–water partition coefficient (Wildman–Crippen LogP) is 3.34. The molecule has 1 aromatic carbocycles. The van der Waals surface area contributed by atoms with Crippen LogP contribution in [0.15, 0.2) is 40.4 Å². The van der Waals surface area contributed by atoms with Gasteiger partial charge in [0.1, 0.15) is 11.8 Å². The van der Waals surface area contributed by atoms with Crippen LogP contribution in [0.2, 0.25) is 0 Å². The maximum Gasteiger partial charge on any atom is 0.169 e. The predicted molar refractivity (Wildman–Crippen MR) is 69.2 cm³/mol. The lowest BCUT2D eigenvalue weighted by atomic mass is 10.2. The van der Waals surface area contributed by atoms with Crippen LogP contribution >= 0.6 is 11.3 Å². The summed E-state index contributed by atoms with van der Waals surface area (Å²) in [6.07, 6.45) is 1.79. The summed E-state index contributed by atoms with van der Waals surface area (Å²) < 4.78 is 19.2. The minimum absolute atomic E-state index is 0.0932. The quantitative estimate of drug-likeness (QED) is 0.786. The van der Waals surface area contributed by atoms with E-state index in [9.17, 15) is 4.39 Å². The molecule has 18 heavy (non-hydrogen) atoms. The van der Waals surface area contributed by atoms with Crippen molar-refractivity contribution in [3.63, 3.8) is 0 Å². The number of fused-ring (bicyclic) bond motifs is 1. The highest BCUT2D eigenvalue weighted by molar-refractivity contribution is 7.09. The molecule has 2 aromatic heterocycles. The van der Waals surface area contributed by atoms with Crippen LogP contribution in [0.1, 0.15) is 16.7 Å². The molecule has 0 aliphatic carbocycles.